The van der Waals surface area contributed by atoms with E-state index in [2.05, 4.69) is 6.92 Å². The minimum atomic E-state index is 0.00597. The molecular weight excluding hydrogens is 262 g/mol. The topological polar surface area (TPSA) is 29.5 Å². The third kappa shape index (κ3) is 6.48. The summed E-state index contributed by atoms with van der Waals surface area (Å²) in [4.78, 5) is 13.5. The van der Waals surface area contributed by atoms with E-state index < -0.39 is 0 Å². The average molecular weight is 284 g/mol. The lowest BCUT2D eigenvalue weighted by atomic mass is 10.2. The molecule has 1 amide bonds. The molecule has 0 aromatic heterocycles. The Hall–Kier alpha value is -1.22. The lowest BCUT2D eigenvalue weighted by molar-refractivity contribution is -0.132. The van der Waals surface area contributed by atoms with Crippen LogP contribution in [0, 0.1) is 0 Å². The molecule has 1 aromatic rings. The Morgan fingerprint density at radius 2 is 1.89 bits per heavy atom. The summed E-state index contributed by atoms with van der Waals surface area (Å²) in [6, 6.07) is 7.01. The fourth-order valence-corrected chi connectivity index (χ4v) is 1.81. The predicted molar refractivity (Wildman–Crippen MR) is 78.7 cm³/mol. The number of ether oxygens (including phenoxy) is 1. The summed E-state index contributed by atoms with van der Waals surface area (Å²) in [5.74, 6) is 0.670. The number of nitrogens with zero attached hydrogens (tertiary/aromatic N) is 1. The number of amides is 1. The van der Waals surface area contributed by atoms with Gasteiger partial charge in [-0.05, 0) is 30.7 Å². The van der Waals surface area contributed by atoms with Crippen LogP contribution in [0.3, 0.4) is 0 Å². The summed E-state index contributed by atoms with van der Waals surface area (Å²) in [6.07, 6.45) is 4.66. The van der Waals surface area contributed by atoms with E-state index >= 15 is 0 Å². The molecule has 19 heavy (non-hydrogen) atoms. The summed E-state index contributed by atoms with van der Waals surface area (Å²) in [6.45, 7) is 3.05. The van der Waals surface area contributed by atoms with Crippen molar-refractivity contribution in [3.05, 3.63) is 29.3 Å². The van der Waals surface area contributed by atoms with E-state index in [9.17, 15) is 4.79 Å². The number of hydrogen-bond acceptors (Lipinski definition) is 2. The standard InChI is InChI=1S/C15H22ClNO2/c1-3-4-5-6-11-17(2)15(18)12-19-14-9-7-13(16)8-10-14/h7-10H,3-6,11-12H2,1-2H3. The fraction of sp³-hybridized carbons (Fsp3) is 0.533. The van der Waals surface area contributed by atoms with Crippen LogP contribution < -0.4 is 4.74 Å². The molecule has 0 N–H and O–H groups in total. The van der Waals surface area contributed by atoms with Crippen molar-refractivity contribution in [1.29, 1.82) is 0 Å². The number of rotatable bonds is 8. The molecule has 3 nitrogen and oxygen atoms in total. The number of carbonyl (C=O) groups excluding carboxylic acids is 1. The maximum atomic E-state index is 11.8. The summed E-state index contributed by atoms with van der Waals surface area (Å²) < 4.78 is 5.42. The number of halogens is 1. The third-order valence-corrected chi connectivity index (χ3v) is 3.20. The van der Waals surface area contributed by atoms with E-state index in [1.54, 1.807) is 29.2 Å². The minimum Gasteiger partial charge on any atom is -0.484 e. The molecule has 0 saturated carbocycles. The SMILES string of the molecule is CCCCCCN(C)C(=O)COc1ccc(Cl)cc1. The smallest absolute Gasteiger partial charge is 0.260 e. The highest BCUT2D eigenvalue weighted by molar-refractivity contribution is 6.30. The Labute approximate surface area is 120 Å². The normalized spacial score (nSPS) is 10.3. The lowest BCUT2D eigenvalue weighted by Gasteiger charge is -2.17. The van der Waals surface area contributed by atoms with Gasteiger partial charge >= 0.3 is 0 Å². The van der Waals surface area contributed by atoms with Gasteiger partial charge < -0.3 is 9.64 Å². The average Bonchev–Trinajstić information content (AvgIpc) is 2.42. The third-order valence-electron chi connectivity index (χ3n) is 2.95. The molecule has 0 radical (unpaired) electrons. The highest BCUT2D eigenvalue weighted by Gasteiger charge is 2.08. The largest absolute Gasteiger partial charge is 0.484 e. The van der Waals surface area contributed by atoms with Crippen molar-refractivity contribution in [2.24, 2.45) is 0 Å². The first kappa shape index (κ1) is 15.8. The van der Waals surface area contributed by atoms with Crippen LogP contribution in [-0.4, -0.2) is 31.0 Å². The Morgan fingerprint density at radius 1 is 1.21 bits per heavy atom. The Bertz CT molecular complexity index is 378. The summed E-state index contributed by atoms with van der Waals surface area (Å²) in [5.41, 5.74) is 0. The zero-order chi connectivity index (χ0) is 14.1. The van der Waals surface area contributed by atoms with E-state index in [1.807, 2.05) is 7.05 Å². The first-order chi connectivity index (χ1) is 9.13. The molecule has 0 spiro atoms. The molecule has 0 atom stereocenters. The van der Waals surface area contributed by atoms with Gasteiger partial charge in [-0.25, -0.2) is 0 Å². The van der Waals surface area contributed by atoms with Crippen molar-refractivity contribution in [1.82, 2.24) is 4.90 Å². The summed E-state index contributed by atoms with van der Waals surface area (Å²) >= 11 is 5.78. The molecule has 0 unspecified atom stereocenters. The van der Waals surface area contributed by atoms with Gasteiger partial charge in [-0.1, -0.05) is 37.8 Å². The van der Waals surface area contributed by atoms with E-state index in [0.29, 0.717) is 10.8 Å². The van der Waals surface area contributed by atoms with Crippen LogP contribution >= 0.6 is 11.6 Å². The van der Waals surface area contributed by atoms with Crippen LogP contribution in [0.15, 0.2) is 24.3 Å². The van der Waals surface area contributed by atoms with Gasteiger partial charge in [0.1, 0.15) is 5.75 Å². The van der Waals surface area contributed by atoms with Crippen molar-refractivity contribution < 1.29 is 9.53 Å². The molecule has 0 aliphatic heterocycles. The van der Waals surface area contributed by atoms with E-state index in [-0.39, 0.29) is 12.5 Å². The molecule has 0 bridgehead atoms. The lowest BCUT2D eigenvalue weighted by Crippen LogP contribution is -2.32. The van der Waals surface area contributed by atoms with Gasteiger partial charge in [0.2, 0.25) is 0 Å². The van der Waals surface area contributed by atoms with Crippen LogP contribution in [0.5, 0.6) is 5.75 Å². The van der Waals surface area contributed by atoms with Crippen LogP contribution in [0.25, 0.3) is 0 Å². The molecule has 106 valence electrons. The van der Waals surface area contributed by atoms with E-state index in [1.165, 1.54) is 19.3 Å². The van der Waals surface area contributed by atoms with Crippen molar-refractivity contribution in [2.75, 3.05) is 20.2 Å². The number of benzene rings is 1. The monoisotopic (exact) mass is 283 g/mol. The molecule has 1 rings (SSSR count). The second-order valence-electron chi connectivity index (χ2n) is 4.62. The molecule has 0 fully saturated rings. The molecule has 1 aromatic carbocycles. The van der Waals surface area contributed by atoms with E-state index in [4.69, 9.17) is 16.3 Å². The second-order valence-corrected chi connectivity index (χ2v) is 5.05. The van der Waals surface area contributed by atoms with Crippen LogP contribution in [0.1, 0.15) is 32.6 Å². The Kier molecular flexibility index (Phi) is 7.34. The highest BCUT2D eigenvalue weighted by atomic mass is 35.5. The van der Waals surface area contributed by atoms with Crippen LogP contribution in [-0.2, 0) is 4.79 Å². The van der Waals surface area contributed by atoms with Gasteiger partial charge in [-0.3, -0.25) is 4.79 Å². The van der Waals surface area contributed by atoms with Crippen LogP contribution in [0.4, 0.5) is 0 Å². The van der Waals surface area contributed by atoms with Crippen molar-refractivity contribution in [2.45, 2.75) is 32.6 Å². The van der Waals surface area contributed by atoms with Gasteiger partial charge in [0.05, 0.1) is 0 Å². The minimum absolute atomic E-state index is 0.00597. The molecule has 0 saturated heterocycles. The van der Waals surface area contributed by atoms with Gasteiger partial charge in [0, 0.05) is 18.6 Å². The summed E-state index contributed by atoms with van der Waals surface area (Å²) in [5, 5.41) is 0.659. The number of unbranched alkanes of at least 4 members (excludes halogenated alkanes) is 3. The van der Waals surface area contributed by atoms with Gasteiger partial charge in [0.25, 0.3) is 5.91 Å². The van der Waals surface area contributed by atoms with Gasteiger partial charge in [-0.15, -0.1) is 0 Å². The zero-order valence-corrected chi connectivity index (χ0v) is 12.4. The maximum absolute atomic E-state index is 11.8. The number of likely N-dealkylation sites (N-methyl/N-ethyl adjacent to an activating group) is 1. The molecule has 0 aliphatic rings. The maximum Gasteiger partial charge on any atom is 0.260 e. The summed E-state index contributed by atoms with van der Waals surface area (Å²) in [7, 11) is 1.82. The zero-order valence-electron chi connectivity index (χ0n) is 11.7. The molecule has 0 heterocycles. The Morgan fingerprint density at radius 3 is 2.53 bits per heavy atom. The second kappa shape index (κ2) is 8.81. The van der Waals surface area contributed by atoms with E-state index in [0.717, 1.165) is 13.0 Å². The fourth-order valence-electron chi connectivity index (χ4n) is 1.69. The molecule has 4 heteroatoms. The number of carbonyl (C=O) groups is 1. The van der Waals surface area contributed by atoms with Crippen molar-refractivity contribution in [3.63, 3.8) is 0 Å². The van der Waals surface area contributed by atoms with Crippen LogP contribution in [0.2, 0.25) is 5.02 Å². The Balaban J connectivity index is 2.24. The first-order valence-corrected chi connectivity index (χ1v) is 7.13. The predicted octanol–water partition coefficient (Wildman–Crippen LogP) is 3.76. The van der Waals surface area contributed by atoms with Gasteiger partial charge in [-0.2, -0.15) is 0 Å². The first-order valence-electron chi connectivity index (χ1n) is 6.75. The van der Waals surface area contributed by atoms with Crippen molar-refractivity contribution >= 4 is 17.5 Å². The quantitative estimate of drug-likeness (QED) is 0.680. The molecular formula is C15H22ClNO2. The highest BCUT2D eigenvalue weighted by Crippen LogP contribution is 2.15. The van der Waals surface area contributed by atoms with Crippen molar-refractivity contribution in [3.8, 4) is 5.75 Å². The van der Waals surface area contributed by atoms with Gasteiger partial charge in [0.15, 0.2) is 6.61 Å². The number of hydrogen-bond donors (Lipinski definition) is 0. The molecule has 0 aliphatic carbocycles.